The van der Waals surface area contributed by atoms with Crippen molar-refractivity contribution in [2.24, 2.45) is 0 Å². The Bertz CT molecular complexity index is 947. The van der Waals surface area contributed by atoms with Gasteiger partial charge >= 0.3 is 0 Å². The van der Waals surface area contributed by atoms with Gasteiger partial charge in [0.2, 0.25) is 0 Å². The van der Waals surface area contributed by atoms with Crippen molar-refractivity contribution in [2.45, 2.75) is 72.0 Å². The Balaban J connectivity index is 1.31. The molecular formula is C24H34N4O4. The van der Waals surface area contributed by atoms with Crippen molar-refractivity contribution in [3.8, 4) is 0 Å². The van der Waals surface area contributed by atoms with E-state index >= 15 is 0 Å². The van der Waals surface area contributed by atoms with Gasteiger partial charge in [-0.15, -0.1) is 5.10 Å². The lowest BCUT2D eigenvalue weighted by Crippen LogP contribution is -2.52. The summed E-state index contributed by atoms with van der Waals surface area (Å²) < 4.78 is 19.5. The average Bonchev–Trinajstić information content (AvgIpc) is 3.17. The molecule has 0 saturated carbocycles. The molecule has 1 fully saturated rings. The Labute approximate surface area is 189 Å². The first-order valence-corrected chi connectivity index (χ1v) is 11.5. The predicted octanol–water partition coefficient (Wildman–Crippen LogP) is 3.04. The van der Waals surface area contributed by atoms with E-state index in [4.69, 9.17) is 14.2 Å². The maximum absolute atomic E-state index is 13.0. The molecule has 1 aromatic heterocycles. The number of hydrogen-bond acceptors (Lipinski definition) is 6. The van der Waals surface area contributed by atoms with Crippen molar-refractivity contribution in [1.29, 1.82) is 0 Å². The first kappa shape index (κ1) is 22.9. The number of carbonyl (C=O) groups is 1. The molecule has 8 heteroatoms. The molecule has 3 heterocycles. The highest BCUT2D eigenvalue weighted by Gasteiger charge is 2.41. The fraction of sp³-hybridized carbons (Fsp3) is 0.625. The van der Waals surface area contributed by atoms with Crippen LogP contribution in [0.5, 0.6) is 0 Å². The number of fused-ring (bicyclic) bond motifs is 1. The lowest BCUT2D eigenvalue weighted by Gasteiger charge is -2.43. The van der Waals surface area contributed by atoms with Gasteiger partial charge in [0.05, 0.1) is 50.4 Å². The average molecular weight is 443 g/mol. The van der Waals surface area contributed by atoms with Crippen molar-refractivity contribution in [2.75, 3.05) is 26.3 Å². The summed E-state index contributed by atoms with van der Waals surface area (Å²) in [6.07, 6.45) is 1.79. The van der Waals surface area contributed by atoms with E-state index in [-0.39, 0.29) is 17.6 Å². The van der Waals surface area contributed by atoms with Crippen molar-refractivity contribution in [3.63, 3.8) is 0 Å². The maximum atomic E-state index is 13.0. The quantitative estimate of drug-likeness (QED) is 0.614. The number of aromatic nitrogens is 3. The number of nitrogens with zero attached hydrogens (tertiary/aromatic N) is 4. The van der Waals surface area contributed by atoms with E-state index in [0.29, 0.717) is 46.1 Å². The molecule has 1 saturated heterocycles. The third kappa shape index (κ3) is 5.03. The SMILES string of the molecule is Cc1ccc(C(=O)N2CCC3(CC2)Cn2nnc(COCCOC(C)C)c2CO3)cc1C. The zero-order valence-corrected chi connectivity index (χ0v) is 19.6. The van der Waals surface area contributed by atoms with Gasteiger partial charge in [-0.25, -0.2) is 4.68 Å². The van der Waals surface area contributed by atoms with Crippen LogP contribution >= 0.6 is 0 Å². The highest BCUT2D eigenvalue weighted by molar-refractivity contribution is 5.94. The summed E-state index contributed by atoms with van der Waals surface area (Å²) in [5.74, 6) is 0.0982. The van der Waals surface area contributed by atoms with Crippen LogP contribution in [0.2, 0.25) is 0 Å². The van der Waals surface area contributed by atoms with Crippen LogP contribution < -0.4 is 0 Å². The molecule has 2 aromatic rings. The van der Waals surface area contributed by atoms with Gasteiger partial charge in [0.25, 0.3) is 5.91 Å². The molecule has 0 radical (unpaired) electrons. The molecule has 1 aromatic carbocycles. The molecule has 0 N–H and O–H groups in total. The Kier molecular flexibility index (Phi) is 6.93. The van der Waals surface area contributed by atoms with Gasteiger partial charge in [-0.2, -0.15) is 0 Å². The lowest BCUT2D eigenvalue weighted by molar-refractivity contribution is -0.120. The first-order chi connectivity index (χ1) is 15.4. The highest BCUT2D eigenvalue weighted by Crippen LogP contribution is 2.34. The lowest BCUT2D eigenvalue weighted by atomic mass is 9.89. The number of aryl methyl sites for hydroxylation is 2. The van der Waals surface area contributed by atoms with Gasteiger partial charge < -0.3 is 19.1 Å². The summed E-state index contributed by atoms with van der Waals surface area (Å²) in [5, 5.41) is 8.66. The molecule has 0 aliphatic carbocycles. The summed E-state index contributed by atoms with van der Waals surface area (Å²) in [6, 6.07) is 5.93. The van der Waals surface area contributed by atoms with Crippen LogP contribution in [0.3, 0.4) is 0 Å². The molecular weight excluding hydrogens is 408 g/mol. The second kappa shape index (κ2) is 9.68. The van der Waals surface area contributed by atoms with E-state index < -0.39 is 0 Å². The number of ether oxygens (including phenoxy) is 3. The second-order valence-electron chi connectivity index (χ2n) is 9.18. The fourth-order valence-corrected chi connectivity index (χ4v) is 4.29. The Morgan fingerprint density at radius 3 is 2.69 bits per heavy atom. The molecule has 2 aliphatic heterocycles. The van der Waals surface area contributed by atoms with Crippen LogP contribution in [0.15, 0.2) is 18.2 Å². The Morgan fingerprint density at radius 1 is 1.19 bits per heavy atom. The highest BCUT2D eigenvalue weighted by atomic mass is 16.5. The minimum Gasteiger partial charge on any atom is -0.376 e. The van der Waals surface area contributed by atoms with E-state index in [0.717, 1.165) is 35.4 Å². The largest absolute Gasteiger partial charge is 0.376 e. The zero-order valence-electron chi connectivity index (χ0n) is 19.6. The van der Waals surface area contributed by atoms with Crippen molar-refractivity contribution in [3.05, 3.63) is 46.3 Å². The smallest absolute Gasteiger partial charge is 0.253 e. The van der Waals surface area contributed by atoms with Crippen molar-refractivity contribution < 1.29 is 19.0 Å². The third-order valence-corrected chi connectivity index (χ3v) is 6.50. The van der Waals surface area contributed by atoms with Gasteiger partial charge in [0.1, 0.15) is 5.69 Å². The van der Waals surface area contributed by atoms with Crippen LogP contribution in [-0.4, -0.2) is 63.8 Å². The summed E-state index contributed by atoms with van der Waals surface area (Å²) in [4.78, 5) is 14.9. The van der Waals surface area contributed by atoms with E-state index in [1.807, 2.05) is 48.6 Å². The first-order valence-electron chi connectivity index (χ1n) is 11.5. The fourth-order valence-electron chi connectivity index (χ4n) is 4.29. The summed E-state index contributed by atoms with van der Waals surface area (Å²) in [7, 11) is 0. The van der Waals surface area contributed by atoms with Gasteiger partial charge in [-0.3, -0.25) is 4.79 Å². The summed E-state index contributed by atoms with van der Waals surface area (Å²) in [5.41, 5.74) is 4.62. The van der Waals surface area contributed by atoms with Gasteiger partial charge in [0, 0.05) is 18.7 Å². The Hall–Kier alpha value is -2.29. The number of amides is 1. The Morgan fingerprint density at radius 2 is 1.97 bits per heavy atom. The number of rotatable bonds is 7. The third-order valence-electron chi connectivity index (χ3n) is 6.50. The topological polar surface area (TPSA) is 78.7 Å². The maximum Gasteiger partial charge on any atom is 0.253 e. The van der Waals surface area contributed by atoms with E-state index in [1.54, 1.807) is 0 Å². The molecule has 0 atom stereocenters. The number of likely N-dealkylation sites (tertiary alicyclic amines) is 1. The summed E-state index contributed by atoms with van der Waals surface area (Å²) in [6.45, 7) is 12.1. The molecule has 8 nitrogen and oxygen atoms in total. The number of hydrogen-bond donors (Lipinski definition) is 0. The summed E-state index contributed by atoms with van der Waals surface area (Å²) >= 11 is 0. The van der Waals surface area contributed by atoms with Crippen LogP contribution in [0.4, 0.5) is 0 Å². The van der Waals surface area contributed by atoms with Crippen LogP contribution in [0.1, 0.15) is 59.6 Å². The molecule has 1 spiro atoms. The molecule has 0 bridgehead atoms. The van der Waals surface area contributed by atoms with E-state index in [9.17, 15) is 4.79 Å². The molecule has 1 amide bonds. The van der Waals surface area contributed by atoms with Crippen molar-refractivity contribution in [1.82, 2.24) is 19.9 Å². The standard InChI is InChI=1S/C24H34N4O4/c1-17(2)31-12-11-30-14-21-22-15-32-24(16-28(22)26-25-21)7-9-27(10-8-24)23(29)20-6-5-18(3)19(4)13-20/h5-6,13,17H,7-12,14-16H2,1-4H3. The zero-order chi connectivity index (χ0) is 22.7. The van der Waals surface area contributed by atoms with Crippen LogP contribution in [0, 0.1) is 13.8 Å². The molecule has 4 rings (SSSR count). The minimum absolute atomic E-state index is 0.0982. The van der Waals surface area contributed by atoms with Gasteiger partial charge in [-0.1, -0.05) is 11.3 Å². The predicted molar refractivity (Wildman–Crippen MR) is 119 cm³/mol. The minimum atomic E-state index is -0.288. The normalized spacial score (nSPS) is 17.7. The molecule has 32 heavy (non-hydrogen) atoms. The van der Waals surface area contributed by atoms with Crippen LogP contribution in [0.25, 0.3) is 0 Å². The van der Waals surface area contributed by atoms with Crippen molar-refractivity contribution >= 4 is 5.91 Å². The van der Waals surface area contributed by atoms with Gasteiger partial charge in [0.15, 0.2) is 0 Å². The number of piperidine rings is 1. The molecule has 0 unspecified atom stereocenters. The van der Waals surface area contributed by atoms with Crippen LogP contribution in [-0.2, 0) is 34.0 Å². The monoisotopic (exact) mass is 442 g/mol. The number of carbonyl (C=O) groups excluding carboxylic acids is 1. The van der Waals surface area contributed by atoms with Gasteiger partial charge in [-0.05, 0) is 63.8 Å². The van der Waals surface area contributed by atoms with E-state index in [2.05, 4.69) is 17.2 Å². The molecule has 2 aliphatic rings. The van der Waals surface area contributed by atoms with E-state index in [1.165, 1.54) is 5.56 Å². The number of benzene rings is 1. The molecule has 174 valence electrons. The second-order valence-corrected chi connectivity index (χ2v) is 9.18.